The third kappa shape index (κ3) is 3.78. The van der Waals surface area contributed by atoms with E-state index in [4.69, 9.17) is 0 Å². The molecule has 0 bridgehead atoms. The molecule has 0 heterocycles. The van der Waals surface area contributed by atoms with Crippen molar-refractivity contribution in [3.8, 4) is 0 Å². The lowest BCUT2D eigenvalue weighted by Crippen LogP contribution is -1.84. The van der Waals surface area contributed by atoms with Gasteiger partial charge in [0.25, 0.3) is 0 Å². The smallest absolute Gasteiger partial charge is 0.146 e. The second kappa shape index (κ2) is 5.95. The molecule has 2 nitrogen and oxygen atoms in total. The third-order valence-corrected chi connectivity index (χ3v) is 1.03. The van der Waals surface area contributed by atoms with Gasteiger partial charge in [-0.1, -0.05) is 18.7 Å². The number of hydrogen-bond acceptors (Lipinski definition) is 2. The first-order chi connectivity index (χ1) is 4.85. The van der Waals surface area contributed by atoms with Gasteiger partial charge >= 0.3 is 0 Å². The Hall–Kier alpha value is -1.18. The molecule has 10 heavy (non-hydrogen) atoms. The predicted octanol–water partition coefficient (Wildman–Crippen LogP) is 1.28. The van der Waals surface area contributed by atoms with Crippen LogP contribution in [0, 0.1) is 0 Å². The zero-order valence-electron chi connectivity index (χ0n) is 5.75. The van der Waals surface area contributed by atoms with Crippen LogP contribution in [0.5, 0.6) is 0 Å². The highest BCUT2D eigenvalue weighted by molar-refractivity contribution is 5.74. The molecule has 0 aromatic heterocycles. The number of carbonyl (C=O) groups excluding carboxylic acids is 2. The highest BCUT2D eigenvalue weighted by Crippen LogP contribution is 1.99. The van der Waals surface area contributed by atoms with Crippen molar-refractivity contribution in [3.63, 3.8) is 0 Å². The maximum absolute atomic E-state index is 10.2. The van der Waals surface area contributed by atoms with Crippen LogP contribution in [-0.2, 0) is 9.59 Å². The normalized spacial score (nSPS) is 10.6. The topological polar surface area (TPSA) is 34.1 Å². The van der Waals surface area contributed by atoms with E-state index in [1.807, 2.05) is 0 Å². The molecule has 0 aromatic rings. The summed E-state index contributed by atoms with van der Waals surface area (Å²) >= 11 is 0. The standard InChI is InChI=1S/C8H10O2/c1-2-4-8(7-10)5-3-6-9/h2,4,6-7H,1,3,5H2. The fraction of sp³-hybridized carbons (Fsp3) is 0.250. The number of allylic oxidation sites excluding steroid dienone is 3. The Bertz CT molecular complexity index is 157. The van der Waals surface area contributed by atoms with Gasteiger partial charge in [0.2, 0.25) is 0 Å². The zero-order chi connectivity index (χ0) is 7.82. The Balaban J connectivity index is 3.81. The van der Waals surface area contributed by atoms with E-state index in [0.29, 0.717) is 18.4 Å². The van der Waals surface area contributed by atoms with Crippen LogP contribution >= 0.6 is 0 Å². The van der Waals surface area contributed by atoms with Crippen molar-refractivity contribution in [2.75, 3.05) is 0 Å². The van der Waals surface area contributed by atoms with E-state index < -0.39 is 0 Å². The van der Waals surface area contributed by atoms with Gasteiger partial charge in [-0.3, -0.25) is 4.79 Å². The summed E-state index contributed by atoms with van der Waals surface area (Å²) in [6.07, 6.45) is 5.59. The molecule has 2 heteroatoms. The molecule has 0 aliphatic carbocycles. The highest BCUT2D eigenvalue weighted by Gasteiger charge is 1.91. The summed E-state index contributed by atoms with van der Waals surface area (Å²) in [5, 5.41) is 0. The summed E-state index contributed by atoms with van der Waals surface area (Å²) in [5.74, 6) is 0. The van der Waals surface area contributed by atoms with Crippen molar-refractivity contribution in [2.24, 2.45) is 0 Å². The van der Waals surface area contributed by atoms with E-state index in [9.17, 15) is 9.59 Å². The summed E-state index contributed by atoms with van der Waals surface area (Å²) in [6.45, 7) is 3.43. The molecule has 0 radical (unpaired) electrons. The molecular weight excluding hydrogens is 128 g/mol. The van der Waals surface area contributed by atoms with E-state index >= 15 is 0 Å². The Morgan fingerprint density at radius 1 is 1.40 bits per heavy atom. The highest BCUT2D eigenvalue weighted by atomic mass is 16.1. The zero-order valence-corrected chi connectivity index (χ0v) is 5.75. The van der Waals surface area contributed by atoms with Crippen LogP contribution in [0.15, 0.2) is 24.3 Å². The van der Waals surface area contributed by atoms with Gasteiger partial charge in [-0.25, -0.2) is 0 Å². The molecule has 0 aliphatic rings. The van der Waals surface area contributed by atoms with Crippen LogP contribution in [0.2, 0.25) is 0 Å². The molecule has 0 saturated carbocycles. The molecular formula is C8H10O2. The average molecular weight is 138 g/mol. The summed E-state index contributed by atoms with van der Waals surface area (Å²) in [5.41, 5.74) is 0.613. The van der Waals surface area contributed by atoms with Crippen molar-refractivity contribution in [3.05, 3.63) is 24.3 Å². The molecule has 0 unspecified atom stereocenters. The Morgan fingerprint density at radius 2 is 2.10 bits per heavy atom. The van der Waals surface area contributed by atoms with Gasteiger partial charge in [-0.05, 0) is 12.0 Å². The van der Waals surface area contributed by atoms with Crippen molar-refractivity contribution in [1.82, 2.24) is 0 Å². The maximum atomic E-state index is 10.2. The summed E-state index contributed by atoms with van der Waals surface area (Å²) < 4.78 is 0. The minimum Gasteiger partial charge on any atom is -0.303 e. The Kier molecular flexibility index (Phi) is 5.25. The van der Waals surface area contributed by atoms with Gasteiger partial charge in [0.15, 0.2) is 0 Å². The molecule has 0 amide bonds. The van der Waals surface area contributed by atoms with Crippen molar-refractivity contribution >= 4 is 12.6 Å². The van der Waals surface area contributed by atoms with E-state index in [0.717, 1.165) is 12.6 Å². The summed E-state index contributed by atoms with van der Waals surface area (Å²) in [6, 6.07) is 0. The monoisotopic (exact) mass is 138 g/mol. The van der Waals surface area contributed by atoms with Crippen LogP contribution < -0.4 is 0 Å². The van der Waals surface area contributed by atoms with Crippen LogP contribution in [0.3, 0.4) is 0 Å². The molecule has 0 aliphatic heterocycles. The van der Waals surface area contributed by atoms with Gasteiger partial charge in [-0.2, -0.15) is 0 Å². The average Bonchev–Trinajstić information content (AvgIpc) is 1.98. The third-order valence-electron chi connectivity index (χ3n) is 1.03. The molecule has 54 valence electrons. The molecule has 0 saturated heterocycles. The van der Waals surface area contributed by atoms with E-state index in [1.165, 1.54) is 6.08 Å². The molecule has 0 N–H and O–H groups in total. The van der Waals surface area contributed by atoms with Crippen LogP contribution in [0.25, 0.3) is 0 Å². The van der Waals surface area contributed by atoms with Gasteiger partial charge in [0.05, 0.1) is 0 Å². The second-order valence-corrected chi connectivity index (χ2v) is 1.80. The maximum Gasteiger partial charge on any atom is 0.146 e. The van der Waals surface area contributed by atoms with E-state index in [2.05, 4.69) is 6.58 Å². The first-order valence-electron chi connectivity index (χ1n) is 3.05. The SMILES string of the molecule is C=CC=C(C=O)CCC=O. The van der Waals surface area contributed by atoms with Gasteiger partial charge in [0.1, 0.15) is 12.6 Å². The van der Waals surface area contributed by atoms with Crippen LogP contribution in [0.1, 0.15) is 12.8 Å². The number of rotatable bonds is 5. The lowest BCUT2D eigenvalue weighted by Gasteiger charge is -1.90. The molecule has 0 rings (SSSR count). The molecule has 0 aromatic carbocycles. The molecule has 0 fully saturated rings. The minimum atomic E-state index is 0.401. The first-order valence-corrected chi connectivity index (χ1v) is 3.05. The Labute approximate surface area is 60.2 Å². The summed E-state index contributed by atoms with van der Waals surface area (Å²) in [7, 11) is 0. The first kappa shape index (κ1) is 8.82. The number of hydrogen-bond donors (Lipinski definition) is 0. The van der Waals surface area contributed by atoms with Gasteiger partial charge < -0.3 is 4.79 Å². The predicted molar refractivity (Wildman–Crippen MR) is 39.6 cm³/mol. The lowest BCUT2D eigenvalue weighted by molar-refractivity contribution is -0.107. The summed E-state index contributed by atoms with van der Waals surface area (Å²) in [4.78, 5) is 20.0. The molecule has 0 atom stereocenters. The van der Waals surface area contributed by atoms with Gasteiger partial charge in [0, 0.05) is 6.42 Å². The fourth-order valence-electron chi connectivity index (χ4n) is 0.559. The largest absolute Gasteiger partial charge is 0.303 e. The Morgan fingerprint density at radius 3 is 2.50 bits per heavy atom. The van der Waals surface area contributed by atoms with E-state index in [1.54, 1.807) is 6.08 Å². The second-order valence-electron chi connectivity index (χ2n) is 1.80. The van der Waals surface area contributed by atoms with Crippen LogP contribution in [-0.4, -0.2) is 12.6 Å². The van der Waals surface area contributed by atoms with Crippen molar-refractivity contribution < 1.29 is 9.59 Å². The van der Waals surface area contributed by atoms with Crippen molar-refractivity contribution in [2.45, 2.75) is 12.8 Å². The van der Waals surface area contributed by atoms with Crippen molar-refractivity contribution in [1.29, 1.82) is 0 Å². The number of aldehydes is 2. The number of carbonyl (C=O) groups is 2. The quantitative estimate of drug-likeness (QED) is 0.326. The molecule has 0 spiro atoms. The fourth-order valence-corrected chi connectivity index (χ4v) is 0.559. The minimum absolute atomic E-state index is 0.401. The van der Waals surface area contributed by atoms with E-state index in [-0.39, 0.29) is 0 Å². The lowest BCUT2D eigenvalue weighted by atomic mass is 10.1. The van der Waals surface area contributed by atoms with Crippen LogP contribution in [0.4, 0.5) is 0 Å². The van der Waals surface area contributed by atoms with Gasteiger partial charge in [-0.15, -0.1) is 0 Å².